The molecule has 0 aliphatic carbocycles. The number of hydrogen-bond donors (Lipinski definition) is 2. The quantitative estimate of drug-likeness (QED) is 0.472. The number of nitrogens with zero attached hydrogens (tertiary/aromatic N) is 1. The number of rotatable bonds is 8. The van der Waals surface area contributed by atoms with Gasteiger partial charge in [0.05, 0.1) is 15.5 Å². The number of fused-ring (bicyclic) bond motifs is 1. The molecule has 11 heteroatoms. The number of para-hydroxylation sites is 1. The molecule has 0 spiro atoms. The Morgan fingerprint density at radius 3 is 2.26 bits per heavy atom. The molecule has 1 amide bonds. The van der Waals surface area contributed by atoms with Crippen molar-refractivity contribution in [2.24, 2.45) is 5.14 Å². The van der Waals surface area contributed by atoms with Gasteiger partial charge in [-0.05, 0) is 66.4 Å². The Balaban J connectivity index is 1.33. The minimum Gasteiger partial charge on any atom is -0.484 e. The molecule has 1 heterocycles. The molecular weight excluding hydrogens is 490 g/mol. The Labute approximate surface area is 204 Å². The summed E-state index contributed by atoms with van der Waals surface area (Å²) in [4.78, 5) is 12.2. The highest BCUT2D eigenvalue weighted by molar-refractivity contribution is 7.92. The molecule has 9 nitrogen and oxygen atoms in total. The maximum atomic E-state index is 13.2. The van der Waals surface area contributed by atoms with Crippen LogP contribution in [0, 0.1) is 0 Å². The predicted octanol–water partition coefficient (Wildman–Crippen LogP) is 2.17. The lowest BCUT2D eigenvalue weighted by atomic mass is 10.0. The van der Waals surface area contributed by atoms with E-state index in [0.717, 1.165) is 18.4 Å². The van der Waals surface area contributed by atoms with Crippen molar-refractivity contribution in [2.45, 2.75) is 29.2 Å². The zero-order valence-corrected chi connectivity index (χ0v) is 20.4. The summed E-state index contributed by atoms with van der Waals surface area (Å²) in [5.74, 6) is -0.0298. The molecule has 0 fully saturated rings. The number of carbonyl (C=O) groups is 1. The average Bonchev–Trinajstić information content (AvgIpc) is 2.86. The summed E-state index contributed by atoms with van der Waals surface area (Å²) >= 11 is 0. The number of aryl methyl sites for hydroxylation is 1. The Bertz CT molecular complexity index is 1420. The van der Waals surface area contributed by atoms with Gasteiger partial charge in [0, 0.05) is 13.1 Å². The summed E-state index contributed by atoms with van der Waals surface area (Å²) in [5, 5.41) is 7.73. The van der Waals surface area contributed by atoms with Crippen LogP contribution in [-0.2, 0) is 37.8 Å². The van der Waals surface area contributed by atoms with Crippen molar-refractivity contribution in [1.29, 1.82) is 0 Å². The molecule has 0 saturated carbocycles. The molecule has 0 bridgehead atoms. The maximum absolute atomic E-state index is 13.2. The topological polar surface area (TPSA) is 136 Å². The zero-order valence-electron chi connectivity index (χ0n) is 18.8. The molecule has 184 valence electrons. The standard InChI is InChI=1S/C24H25N3O6S2/c25-34(29,30)21-11-7-18(8-12-21)16-26-24(28)17-33-20-9-13-22(14-10-20)35(31,32)27-15-3-5-19-4-1-2-6-23(19)27/h1-2,4,6-14H,3,5,15-17H2,(H,26,28)(H2,25,29,30). The van der Waals surface area contributed by atoms with Crippen LogP contribution < -0.4 is 19.5 Å². The molecule has 0 radical (unpaired) electrons. The van der Waals surface area contributed by atoms with Gasteiger partial charge in [-0.15, -0.1) is 0 Å². The van der Waals surface area contributed by atoms with Crippen molar-refractivity contribution in [1.82, 2.24) is 5.32 Å². The van der Waals surface area contributed by atoms with Crippen molar-refractivity contribution in [3.63, 3.8) is 0 Å². The number of nitrogens with one attached hydrogen (secondary N) is 1. The van der Waals surface area contributed by atoms with E-state index in [-0.39, 0.29) is 28.8 Å². The summed E-state index contributed by atoms with van der Waals surface area (Å²) in [6.07, 6.45) is 1.60. The molecule has 3 aromatic rings. The number of benzene rings is 3. The van der Waals surface area contributed by atoms with Crippen LogP contribution in [0.4, 0.5) is 5.69 Å². The van der Waals surface area contributed by atoms with Crippen LogP contribution in [0.5, 0.6) is 5.75 Å². The number of nitrogens with two attached hydrogens (primary N) is 1. The normalized spacial score (nSPS) is 13.7. The molecule has 35 heavy (non-hydrogen) atoms. The number of primary sulfonamides is 1. The summed E-state index contributed by atoms with van der Waals surface area (Å²) in [6, 6.07) is 19.3. The molecule has 3 N–H and O–H groups in total. The van der Waals surface area contributed by atoms with E-state index in [9.17, 15) is 21.6 Å². The third kappa shape index (κ3) is 5.81. The molecule has 4 rings (SSSR count). The Morgan fingerprint density at radius 2 is 1.57 bits per heavy atom. The van der Waals surface area contributed by atoms with Crippen molar-refractivity contribution in [2.75, 3.05) is 17.5 Å². The van der Waals surface area contributed by atoms with Crippen LogP contribution in [0.15, 0.2) is 82.6 Å². The second-order valence-corrected chi connectivity index (χ2v) is 11.5. The second kappa shape index (κ2) is 10.1. The van der Waals surface area contributed by atoms with E-state index >= 15 is 0 Å². The minimum absolute atomic E-state index is 0.00846. The van der Waals surface area contributed by atoms with E-state index in [1.165, 1.54) is 40.7 Å². The van der Waals surface area contributed by atoms with Gasteiger partial charge in [-0.25, -0.2) is 22.0 Å². The minimum atomic E-state index is -3.77. The van der Waals surface area contributed by atoms with E-state index in [0.29, 0.717) is 23.5 Å². The van der Waals surface area contributed by atoms with E-state index in [4.69, 9.17) is 9.88 Å². The number of sulfonamides is 2. The van der Waals surface area contributed by atoms with Crippen LogP contribution in [-0.4, -0.2) is 35.9 Å². The SMILES string of the molecule is NS(=O)(=O)c1ccc(CNC(=O)COc2ccc(S(=O)(=O)N3CCCc4ccccc43)cc2)cc1. The van der Waals surface area contributed by atoms with E-state index in [1.807, 2.05) is 24.3 Å². The van der Waals surface area contributed by atoms with Crippen molar-refractivity contribution < 1.29 is 26.4 Å². The highest BCUT2D eigenvalue weighted by atomic mass is 32.2. The first-order chi connectivity index (χ1) is 16.6. The van der Waals surface area contributed by atoms with Gasteiger partial charge < -0.3 is 10.1 Å². The molecule has 0 saturated heterocycles. The highest BCUT2D eigenvalue weighted by Crippen LogP contribution is 2.32. The average molecular weight is 516 g/mol. The number of hydrogen-bond acceptors (Lipinski definition) is 6. The Hall–Kier alpha value is -3.41. The number of anilines is 1. The fourth-order valence-electron chi connectivity index (χ4n) is 3.78. The first kappa shape index (κ1) is 24.7. The van der Waals surface area contributed by atoms with Gasteiger partial charge in [0.15, 0.2) is 6.61 Å². The lowest BCUT2D eigenvalue weighted by Gasteiger charge is -2.30. The molecule has 1 aliphatic heterocycles. The van der Waals surface area contributed by atoms with Gasteiger partial charge in [0.25, 0.3) is 15.9 Å². The third-order valence-electron chi connectivity index (χ3n) is 5.59. The smallest absolute Gasteiger partial charge is 0.264 e. The largest absolute Gasteiger partial charge is 0.484 e. The van der Waals surface area contributed by atoms with Gasteiger partial charge in [0.2, 0.25) is 10.0 Å². The van der Waals surface area contributed by atoms with Crippen LogP contribution in [0.1, 0.15) is 17.5 Å². The molecular formula is C24H25N3O6S2. The zero-order chi connectivity index (χ0) is 25.1. The summed E-state index contributed by atoms with van der Waals surface area (Å²) in [6.45, 7) is 0.338. The fraction of sp³-hybridized carbons (Fsp3) is 0.208. The van der Waals surface area contributed by atoms with Gasteiger partial charge in [-0.2, -0.15) is 0 Å². The van der Waals surface area contributed by atoms with Crippen LogP contribution >= 0.6 is 0 Å². The van der Waals surface area contributed by atoms with Crippen LogP contribution in [0.2, 0.25) is 0 Å². The van der Waals surface area contributed by atoms with E-state index in [2.05, 4.69) is 5.32 Å². The summed E-state index contributed by atoms with van der Waals surface area (Å²) in [7, 11) is -7.49. The highest BCUT2D eigenvalue weighted by Gasteiger charge is 2.28. The van der Waals surface area contributed by atoms with Gasteiger partial charge >= 0.3 is 0 Å². The van der Waals surface area contributed by atoms with Crippen LogP contribution in [0.3, 0.4) is 0 Å². The lowest BCUT2D eigenvalue weighted by molar-refractivity contribution is -0.123. The Morgan fingerprint density at radius 1 is 0.914 bits per heavy atom. The van der Waals surface area contributed by atoms with E-state index in [1.54, 1.807) is 12.1 Å². The molecule has 0 unspecified atom stereocenters. The molecule has 1 aliphatic rings. The predicted molar refractivity (Wildman–Crippen MR) is 131 cm³/mol. The first-order valence-electron chi connectivity index (χ1n) is 10.9. The fourth-order valence-corrected chi connectivity index (χ4v) is 5.84. The Kier molecular flexibility index (Phi) is 7.10. The first-order valence-corrected chi connectivity index (χ1v) is 13.9. The monoisotopic (exact) mass is 515 g/mol. The summed E-state index contributed by atoms with van der Waals surface area (Å²) < 4.78 is 55.9. The summed E-state index contributed by atoms with van der Waals surface area (Å²) in [5.41, 5.74) is 2.41. The van der Waals surface area contributed by atoms with Gasteiger partial charge in [-0.1, -0.05) is 30.3 Å². The lowest BCUT2D eigenvalue weighted by Crippen LogP contribution is -2.35. The van der Waals surface area contributed by atoms with Gasteiger partial charge in [0.1, 0.15) is 5.75 Å². The van der Waals surface area contributed by atoms with Crippen molar-refractivity contribution in [3.8, 4) is 5.75 Å². The van der Waals surface area contributed by atoms with Crippen molar-refractivity contribution >= 4 is 31.6 Å². The number of carbonyl (C=O) groups excluding carboxylic acids is 1. The van der Waals surface area contributed by atoms with Crippen molar-refractivity contribution in [3.05, 3.63) is 83.9 Å². The van der Waals surface area contributed by atoms with Gasteiger partial charge in [-0.3, -0.25) is 9.10 Å². The molecule has 0 atom stereocenters. The molecule has 0 aromatic heterocycles. The number of amides is 1. The second-order valence-electron chi connectivity index (χ2n) is 8.04. The number of ether oxygens (including phenoxy) is 1. The third-order valence-corrected chi connectivity index (χ3v) is 8.35. The van der Waals surface area contributed by atoms with Crippen LogP contribution in [0.25, 0.3) is 0 Å². The molecule has 3 aromatic carbocycles. The van der Waals surface area contributed by atoms with E-state index < -0.39 is 20.0 Å². The maximum Gasteiger partial charge on any atom is 0.264 e.